The molecule has 0 radical (unpaired) electrons. The number of halogens is 2. The highest BCUT2D eigenvalue weighted by molar-refractivity contribution is 6.35. The molecule has 0 unspecified atom stereocenters. The van der Waals surface area contributed by atoms with Gasteiger partial charge in [0.1, 0.15) is 0 Å². The van der Waals surface area contributed by atoms with E-state index in [0.29, 0.717) is 23.3 Å². The van der Waals surface area contributed by atoms with Crippen LogP contribution in [0.3, 0.4) is 0 Å². The third kappa shape index (κ3) is 2.76. The molecular weight excluding hydrogens is 285 g/mol. The van der Waals surface area contributed by atoms with E-state index in [-0.39, 0.29) is 0 Å². The van der Waals surface area contributed by atoms with Crippen LogP contribution in [0.5, 0.6) is 0 Å². The summed E-state index contributed by atoms with van der Waals surface area (Å²) in [5.41, 5.74) is 2.38. The first-order valence-corrected chi connectivity index (χ1v) is 6.85. The van der Waals surface area contributed by atoms with Gasteiger partial charge in [-0.15, -0.1) is 10.2 Å². The summed E-state index contributed by atoms with van der Waals surface area (Å²) in [5, 5.41) is 9.29. The molecule has 0 spiro atoms. The SMILES string of the molecule is Cc1nnc(CN2CCc3cc(Cl)cc(Cl)c3C2)o1. The van der Waals surface area contributed by atoms with Gasteiger partial charge in [-0.3, -0.25) is 4.90 Å². The Morgan fingerprint density at radius 2 is 2.16 bits per heavy atom. The molecule has 0 atom stereocenters. The lowest BCUT2D eigenvalue weighted by Crippen LogP contribution is -2.30. The van der Waals surface area contributed by atoms with E-state index in [1.165, 1.54) is 5.56 Å². The predicted octanol–water partition coefficient (Wildman–Crippen LogP) is 3.24. The zero-order chi connectivity index (χ0) is 13.4. The zero-order valence-corrected chi connectivity index (χ0v) is 12.0. The number of hydrogen-bond donors (Lipinski definition) is 0. The van der Waals surface area contributed by atoms with Gasteiger partial charge in [0.2, 0.25) is 11.8 Å². The minimum Gasteiger partial charge on any atom is -0.424 e. The summed E-state index contributed by atoms with van der Waals surface area (Å²) in [4.78, 5) is 2.25. The first-order valence-electron chi connectivity index (χ1n) is 6.10. The minimum absolute atomic E-state index is 0.595. The van der Waals surface area contributed by atoms with Crippen LogP contribution >= 0.6 is 23.2 Å². The predicted molar refractivity (Wildman–Crippen MR) is 73.3 cm³/mol. The smallest absolute Gasteiger partial charge is 0.230 e. The van der Waals surface area contributed by atoms with Crippen molar-refractivity contribution in [1.29, 1.82) is 0 Å². The maximum Gasteiger partial charge on any atom is 0.230 e. The second kappa shape index (κ2) is 5.12. The first kappa shape index (κ1) is 12.9. The highest BCUT2D eigenvalue weighted by Gasteiger charge is 2.20. The Morgan fingerprint density at radius 3 is 2.89 bits per heavy atom. The first-order chi connectivity index (χ1) is 9.11. The second-order valence-corrected chi connectivity index (χ2v) is 5.54. The molecule has 1 aromatic carbocycles. The molecule has 1 aromatic heterocycles. The Bertz CT molecular complexity index is 612. The van der Waals surface area contributed by atoms with Gasteiger partial charge in [-0.25, -0.2) is 0 Å². The standard InChI is InChI=1S/C13H13Cl2N3O/c1-8-16-17-13(19-8)7-18-3-2-9-4-10(14)5-12(15)11(9)6-18/h4-5H,2-3,6-7H2,1H3. The van der Waals surface area contributed by atoms with Crippen molar-refractivity contribution in [2.24, 2.45) is 0 Å². The lowest BCUT2D eigenvalue weighted by atomic mass is 10.00. The van der Waals surface area contributed by atoms with Crippen molar-refractivity contribution in [3.05, 3.63) is 45.1 Å². The van der Waals surface area contributed by atoms with Crippen molar-refractivity contribution in [1.82, 2.24) is 15.1 Å². The van der Waals surface area contributed by atoms with Crippen LogP contribution in [0.4, 0.5) is 0 Å². The molecule has 0 N–H and O–H groups in total. The molecule has 2 heterocycles. The molecule has 0 bridgehead atoms. The van der Waals surface area contributed by atoms with Crippen molar-refractivity contribution in [3.63, 3.8) is 0 Å². The Kier molecular flexibility index (Phi) is 3.48. The molecule has 100 valence electrons. The molecule has 2 aromatic rings. The van der Waals surface area contributed by atoms with Crippen LogP contribution in [0.2, 0.25) is 10.0 Å². The van der Waals surface area contributed by atoms with Crippen LogP contribution in [0.25, 0.3) is 0 Å². The van der Waals surface area contributed by atoms with E-state index in [0.717, 1.165) is 30.1 Å². The quantitative estimate of drug-likeness (QED) is 0.853. The molecule has 19 heavy (non-hydrogen) atoms. The van der Waals surface area contributed by atoms with E-state index in [9.17, 15) is 0 Å². The monoisotopic (exact) mass is 297 g/mol. The third-order valence-electron chi connectivity index (χ3n) is 3.26. The summed E-state index contributed by atoms with van der Waals surface area (Å²) in [5.74, 6) is 1.24. The minimum atomic E-state index is 0.595. The van der Waals surface area contributed by atoms with Crippen LogP contribution in [0.15, 0.2) is 16.5 Å². The Hall–Kier alpha value is -1.10. The normalized spacial score (nSPS) is 15.5. The van der Waals surface area contributed by atoms with E-state index in [1.807, 2.05) is 6.07 Å². The summed E-state index contributed by atoms with van der Waals surface area (Å²) >= 11 is 12.3. The lowest BCUT2D eigenvalue weighted by molar-refractivity contribution is 0.220. The fourth-order valence-electron chi connectivity index (χ4n) is 2.37. The molecule has 1 aliphatic rings. The van der Waals surface area contributed by atoms with Crippen LogP contribution < -0.4 is 0 Å². The topological polar surface area (TPSA) is 42.2 Å². The number of hydrogen-bond acceptors (Lipinski definition) is 4. The number of fused-ring (bicyclic) bond motifs is 1. The Labute approximate surface area is 121 Å². The van der Waals surface area contributed by atoms with Crippen molar-refractivity contribution in [2.75, 3.05) is 6.54 Å². The number of benzene rings is 1. The van der Waals surface area contributed by atoms with Gasteiger partial charge < -0.3 is 4.42 Å². The second-order valence-electron chi connectivity index (χ2n) is 4.70. The highest BCUT2D eigenvalue weighted by Crippen LogP contribution is 2.30. The van der Waals surface area contributed by atoms with E-state index in [4.69, 9.17) is 27.6 Å². The van der Waals surface area contributed by atoms with Gasteiger partial charge in [0.25, 0.3) is 0 Å². The van der Waals surface area contributed by atoms with Crippen molar-refractivity contribution < 1.29 is 4.42 Å². The fraction of sp³-hybridized carbons (Fsp3) is 0.385. The van der Waals surface area contributed by atoms with Gasteiger partial charge >= 0.3 is 0 Å². The van der Waals surface area contributed by atoms with Crippen LogP contribution in [-0.4, -0.2) is 21.6 Å². The summed E-state index contributed by atoms with van der Waals surface area (Å²) in [7, 11) is 0. The average molecular weight is 298 g/mol. The summed E-state index contributed by atoms with van der Waals surface area (Å²) in [6.07, 6.45) is 0.933. The average Bonchev–Trinajstić information content (AvgIpc) is 2.75. The number of nitrogens with zero attached hydrogens (tertiary/aromatic N) is 3. The van der Waals surface area contributed by atoms with Crippen LogP contribution in [0.1, 0.15) is 22.9 Å². The molecule has 4 nitrogen and oxygen atoms in total. The number of aryl methyl sites for hydroxylation is 1. The molecule has 0 aliphatic carbocycles. The molecule has 1 aliphatic heterocycles. The highest BCUT2D eigenvalue weighted by atomic mass is 35.5. The number of aromatic nitrogens is 2. The van der Waals surface area contributed by atoms with Crippen LogP contribution in [-0.2, 0) is 19.5 Å². The van der Waals surface area contributed by atoms with Crippen LogP contribution in [0, 0.1) is 6.92 Å². The molecule has 0 saturated heterocycles. The number of rotatable bonds is 2. The zero-order valence-electron chi connectivity index (χ0n) is 10.5. The third-order valence-corrected chi connectivity index (χ3v) is 3.81. The molecule has 0 fully saturated rings. The largest absolute Gasteiger partial charge is 0.424 e. The summed E-state index contributed by atoms with van der Waals surface area (Å²) in [6.45, 7) is 4.16. The molecule has 0 amide bonds. The van der Waals surface area contributed by atoms with Gasteiger partial charge in [0.15, 0.2) is 0 Å². The summed E-state index contributed by atoms with van der Waals surface area (Å²) < 4.78 is 5.41. The van der Waals surface area contributed by atoms with E-state index < -0.39 is 0 Å². The van der Waals surface area contributed by atoms with E-state index in [2.05, 4.69) is 15.1 Å². The van der Waals surface area contributed by atoms with E-state index >= 15 is 0 Å². The molecule has 0 saturated carbocycles. The van der Waals surface area contributed by atoms with E-state index in [1.54, 1.807) is 13.0 Å². The summed E-state index contributed by atoms with van der Waals surface area (Å²) in [6, 6.07) is 3.79. The van der Waals surface area contributed by atoms with Gasteiger partial charge in [0.05, 0.1) is 6.54 Å². The van der Waals surface area contributed by atoms with Crippen molar-refractivity contribution in [3.8, 4) is 0 Å². The maximum absolute atomic E-state index is 6.26. The lowest BCUT2D eigenvalue weighted by Gasteiger charge is -2.28. The van der Waals surface area contributed by atoms with Gasteiger partial charge in [-0.2, -0.15) is 0 Å². The maximum atomic E-state index is 6.26. The van der Waals surface area contributed by atoms with Crippen molar-refractivity contribution in [2.45, 2.75) is 26.4 Å². The molecule has 6 heteroatoms. The fourth-order valence-corrected chi connectivity index (χ4v) is 2.96. The molecular formula is C13H13Cl2N3O. The van der Waals surface area contributed by atoms with Gasteiger partial charge in [0, 0.05) is 30.1 Å². The molecule has 3 rings (SSSR count). The Balaban J connectivity index is 1.78. The van der Waals surface area contributed by atoms with Gasteiger partial charge in [-0.05, 0) is 29.7 Å². The Morgan fingerprint density at radius 1 is 1.32 bits per heavy atom. The van der Waals surface area contributed by atoms with Gasteiger partial charge in [-0.1, -0.05) is 23.2 Å². The van der Waals surface area contributed by atoms with Crippen molar-refractivity contribution >= 4 is 23.2 Å².